The van der Waals surface area contributed by atoms with Crippen LogP contribution in [0.1, 0.15) is 20.3 Å². The van der Waals surface area contributed by atoms with Gasteiger partial charge in [-0.05, 0) is 6.92 Å². The van der Waals surface area contributed by atoms with Crippen molar-refractivity contribution in [1.29, 1.82) is 0 Å². The molecule has 2 heterocycles. The minimum Gasteiger partial charge on any atom is -0.495 e. The molecule has 98 valence electrons. The van der Waals surface area contributed by atoms with Crippen LogP contribution in [0.4, 0.5) is 0 Å². The fourth-order valence-corrected chi connectivity index (χ4v) is 2.01. The van der Waals surface area contributed by atoms with Gasteiger partial charge < -0.3 is 14.9 Å². The Hall–Kier alpha value is -2.05. The zero-order valence-corrected chi connectivity index (χ0v) is 10.5. The number of methoxy groups -OCH3 is 1. The van der Waals surface area contributed by atoms with Crippen LogP contribution in [0.2, 0.25) is 0 Å². The van der Waals surface area contributed by atoms with Crippen molar-refractivity contribution in [2.24, 2.45) is 5.10 Å². The first-order valence-electron chi connectivity index (χ1n) is 5.61. The fraction of sp³-hybridized carbons (Fsp3) is 0.545. The highest BCUT2D eigenvalue weighted by molar-refractivity contribution is 6.09. The molecule has 0 saturated carbocycles. The molecule has 7 nitrogen and oxygen atoms in total. The second-order valence-electron chi connectivity index (χ2n) is 4.02. The van der Waals surface area contributed by atoms with E-state index < -0.39 is 12.2 Å². The summed E-state index contributed by atoms with van der Waals surface area (Å²) in [5.74, 6) is 0.177. The Morgan fingerprint density at radius 1 is 1.56 bits per heavy atom. The highest BCUT2D eigenvalue weighted by Gasteiger charge is 2.43. The molecule has 2 aliphatic heterocycles. The van der Waals surface area contributed by atoms with E-state index in [1.165, 1.54) is 18.9 Å². The maximum absolute atomic E-state index is 12.1. The van der Waals surface area contributed by atoms with Crippen molar-refractivity contribution in [3.05, 3.63) is 11.3 Å². The predicted molar refractivity (Wildman–Crippen MR) is 62.2 cm³/mol. The van der Waals surface area contributed by atoms with Crippen LogP contribution in [0, 0.1) is 0 Å². The van der Waals surface area contributed by atoms with Gasteiger partial charge in [0.15, 0.2) is 5.76 Å². The summed E-state index contributed by atoms with van der Waals surface area (Å²) in [4.78, 5) is 24.6. The summed E-state index contributed by atoms with van der Waals surface area (Å²) in [6.45, 7) is 3.59. The summed E-state index contributed by atoms with van der Waals surface area (Å²) in [5.41, 5.74) is 3.21. The molecule has 0 aliphatic carbocycles. The molecule has 0 aromatic carbocycles. The van der Waals surface area contributed by atoms with Gasteiger partial charge in [0.2, 0.25) is 6.23 Å². The zero-order valence-electron chi connectivity index (χ0n) is 10.5. The lowest BCUT2D eigenvalue weighted by Gasteiger charge is -2.24. The molecule has 7 heteroatoms. The van der Waals surface area contributed by atoms with Gasteiger partial charge in [0, 0.05) is 19.9 Å². The van der Waals surface area contributed by atoms with Crippen molar-refractivity contribution in [2.75, 3.05) is 13.7 Å². The third-order valence-corrected chi connectivity index (χ3v) is 2.81. The molecular formula is C11H15N3O4. The minimum atomic E-state index is -0.848. The summed E-state index contributed by atoms with van der Waals surface area (Å²) < 4.78 is 10.3. The number of ether oxygens (including phenoxy) is 2. The van der Waals surface area contributed by atoms with E-state index >= 15 is 0 Å². The van der Waals surface area contributed by atoms with Crippen molar-refractivity contribution in [3.8, 4) is 0 Å². The molecule has 2 aliphatic rings. The van der Waals surface area contributed by atoms with Crippen molar-refractivity contribution in [2.45, 2.75) is 26.5 Å². The molecule has 0 saturated heterocycles. The minimum absolute atomic E-state index is 0.249. The Kier molecular flexibility index (Phi) is 3.22. The number of hydrogen-bond donors (Lipinski definition) is 1. The lowest BCUT2D eigenvalue weighted by molar-refractivity contribution is -0.153. The number of carbonyl (C=O) groups excluding carboxylic acids is 2. The van der Waals surface area contributed by atoms with E-state index in [9.17, 15) is 9.59 Å². The molecule has 0 fully saturated rings. The average Bonchev–Trinajstić information content (AvgIpc) is 2.88. The summed E-state index contributed by atoms with van der Waals surface area (Å²) in [5, 5.41) is 4.03. The van der Waals surface area contributed by atoms with E-state index in [2.05, 4.69) is 10.5 Å². The quantitative estimate of drug-likeness (QED) is 0.698. The maximum atomic E-state index is 12.1. The van der Waals surface area contributed by atoms with E-state index in [1.807, 2.05) is 0 Å². The summed E-state index contributed by atoms with van der Waals surface area (Å²) in [6, 6.07) is 0. The Balaban J connectivity index is 2.33. The second-order valence-corrected chi connectivity index (χ2v) is 4.02. The topological polar surface area (TPSA) is 80.2 Å². The summed E-state index contributed by atoms with van der Waals surface area (Å²) >= 11 is 0. The number of hydrogen-bond acceptors (Lipinski definition) is 6. The number of nitrogens with zero attached hydrogens (tertiary/aromatic N) is 2. The van der Waals surface area contributed by atoms with Crippen LogP contribution in [-0.2, 0) is 19.1 Å². The summed E-state index contributed by atoms with van der Waals surface area (Å²) in [6.07, 6.45) is -0.244. The first kappa shape index (κ1) is 12.4. The van der Waals surface area contributed by atoms with E-state index in [-0.39, 0.29) is 5.91 Å². The molecule has 0 aromatic rings. The molecular weight excluding hydrogens is 238 g/mol. The maximum Gasteiger partial charge on any atom is 0.304 e. The van der Waals surface area contributed by atoms with Crippen molar-refractivity contribution >= 4 is 17.7 Å². The van der Waals surface area contributed by atoms with Crippen LogP contribution in [-0.4, -0.2) is 42.5 Å². The fourth-order valence-electron chi connectivity index (χ4n) is 2.01. The van der Waals surface area contributed by atoms with Crippen LogP contribution in [0.5, 0.6) is 0 Å². The lowest BCUT2D eigenvalue weighted by Crippen LogP contribution is -2.42. The first-order valence-corrected chi connectivity index (χ1v) is 5.61. The zero-order chi connectivity index (χ0) is 13.3. The Labute approximate surface area is 104 Å². The van der Waals surface area contributed by atoms with Gasteiger partial charge in [-0.2, -0.15) is 5.10 Å². The molecule has 18 heavy (non-hydrogen) atoms. The summed E-state index contributed by atoms with van der Waals surface area (Å²) in [7, 11) is 1.45. The third-order valence-electron chi connectivity index (χ3n) is 2.81. The van der Waals surface area contributed by atoms with Crippen molar-refractivity contribution in [1.82, 2.24) is 10.3 Å². The molecule has 0 radical (unpaired) electrons. The van der Waals surface area contributed by atoms with Crippen LogP contribution < -0.4 is 5.43 Å². The number of hydrazone groups is 1. The Morgan fingerprint density at radius 2 is 2.28 bits per heavy atom. The number of esters is 1. The van der Waals surface area contributed by atoms with Gasteiger partial charge in [-0.15, -0.1) is 0 Å². The van der Waals surface area contributed by atoms with E-state index in [1.54, 1.807) is 6.92 Å². The lowest BCUT2D eigenvalue weighted by atomic mass is 10.3. The molecule has 0 aromatic heterocycles. The standard InChI is InChI=1S/C11H15N3O4/c1-6-9(17-3)11(18-7(2)15)14(10(6)16)8-4-5-12-13-8/h11-12H,4-5H2,1-3H3. The van der Waals surface area contributed by atoms with Gasteiger partial charge in [0.05, 0.1) is 12.7 Å². The molecule has 1 atom stereocenters. The Bertz CT molecular complexity index is 455. The van der Waals surface area contributed by atoms with Gasteiger partial charge in [0.1, 0.15) is 5.84 Å². The van der Waals surface area contributed by atoms with Gasteiger partial charge in [0.25, 0.3) is 5.91 Å². The van der Waals surface area contributed by atoms with Crippen LogP contribution in [0.15, 0.2) is 16.4 Å². The van der Waals surface area contributed by atoms with Gasteiger partial charge in [-0.25, -0.2) is 0 Å². The number of amidine groups is 1. The predicted octanol–water partition coefficient (Wildman–Crippen LogP) is -0.0550. The van der Waals surface area contributed by atoms with Gasteiger partial charge in [-0.3, -0.25) is 14.5 Å². The molecule has 0 bridgehead atoms. The normalized spacial score (nSPS) is 23.1. The van der Waals surface area contributed by atoms with Gasteiger partial charge >= 0.3 is 5.97 Å². The smallest absolute Gasteiger partial charge is 0.304 e. The average molecular weight is 253 g/mol. The molecule has 1 amide bonds. The number of carbonyl (C=O) groups is 2. The molecule has 1 N–H and O–H groups in total. The molecule has 1 unspecified atom stereocenters. The number of rotatable bonds is 2. The monoisotopic (exact) mass is 253 g/mol. The van der Waals surface area contributed by atoms with E-state index in [0.717, 1.165) is 0 Å². The molecule has 0 spiro atoms. The SMILES string of the molecule is COC1=C(C)C(=O)N(C2=NNCC2)C1OC(C)=O. The van der Waals surface area contributed by atoms with Crippen LogP contribution in [0.25, 0.3) is 0 Å². The molecule has 2 rings (SSSR count). The highest BCUT2D eigenvalue weighted by atomic mass is 16.6. The van der Waals surface area contributed by atoms with E-state index in [4.69, 9.17) is 9.47 Å². The van der Waals surface area contributed by atoms with Gasteiger partial charge in [-0.1, -0.05) is 0 Å². The van der Waals surface area contributed by atoms with E-state index in [0.29, 0.717) is 30.1 Å². The van der Waals surface area contributed by atoms with Crippen LogP contribution in [0.3, 0.4) is 0 Å². The van der Waals surface area contributed by atoms with Crippen LogP contribution >= 0.6 is 0 Å². The van der Waals surface area contributed by atoms with Crippen molar-refractivity contribution in [3.63, 3.8) is 0 Å². The van der Waals surface area contributed by atoms with Crippen molar-refractivity contribution < 1.29 is 19.1 Å². The second kappa shape index (κ2) is 4.67. The number of amides is 1. The highest BCUT2D eigenvalue weighted by Crippen LogP contribution is 2.28. The number of nitrogens with one attached hydrogen (secondary N) is 1. The third kappa shape index (κ3) is 1.92. The largest absolute Gasteiger partial charge is 0.495 e. The Morgan fingerprint density at radius 3 is 2.78 bits per heavy atom. The first-order chi connectivity index (χ1) is 8.56.